The Balaban J connectivity index is 1.72. The number of hydrogen-bond acceptors (Lipinski definition) is 3. The third-order valence-electron chi connectivity index (χ3n) is 6.59. The molecule has 1 unspecified atom stereocenters. The maximum Gasteiger partial charge on any atom is 0.251 e. The second kappa shape index (κ2) is 8.78. The number of carbonyl (C=O) groups excluding carboxylic acids is 1. The van der Waals surface area contributed by atoms with Gasteiger partial charge in [0.25, 0.3) is 5.91 Å². The summed E-state index contributed by atoms with van der Waals surface area (Å²) in [6.45, 7) is 6.57. The van der Waals surface area contributed by atoms with E-state index >= 15 is 0 Å². The zero-order valence-corrected chi connectivity index (χ0v) is 20.0. The first-order valence-corrected chi connectivity index (χ1v) is 11.2. The predicted octanol–water partition coefficient (Wildman–Crippen LogP) is 6.24. The molecule has 0 aliphatic carbocycles. The number of benzene rings is 3. The SMILES string of the molecule is COc1ccc(/C=C/C(=O)N2c3ccccc3C(C)(c3ccccc3)CC2(C)C)cc1OC. The smallest absolute Gasteiger partial charge is 0.251 e. The second-order valence-corrected chi connectivity index (χ2v) is 9.33. The van der Waals surface area contributed by atoms with Crippen LogP contribution in [0.1, 0.15) is 43.9 Å². The number of para-hydroxylation sites is 1. The van der Waals surface area contributed by atoms with E-state index in [1.165, 1.54) is 11.1 Å². The molecule has 0 spiro atoms. The second-order valence-electron chi connectivity index (χ2n) is 9.33. The Morgan fingerprint density at radius 2 is 1.55 bits per heavy atom. The van der Waals surface area contributed by atoms with E-state index in [0.717, 1.165) is 17.7 Å². The van der Waals surface area contributed by atoms with E-state index in [1.54, 1.807) is 20.3 Å². The van der Waals surface area contributed by atoms with Crippen LogP contribution in [0.2, 0.25) is 0 Å². The minimum absolute atomic E-state index is 0.0441. The Labute approximate surface area is 196 Å². The van der Waals surface area contributed by atoms with Gasteiger partial charge in [-0.1, -0.05) is 61.5 Å². The number of fused-ring (bicyclic) bond motifs is 1. The summed E-state index contributed by atoms with van der Waals surface area (Å²) in [5.74, 6) is 1.25. The van der Waals surface area contributed by atoms with Crippen LogP contribution in [0.15, 0.2) is 78.9 Å². The van der Waals surface area contributed by atoms with Gasteiger partial charge in [-0.25, -0.2) is 0 Å². The lowest BCUT2D eigenvalue weighted by Gasteiger charge is -2.51. The molecule has 1 amide bonds. The fourth-order valence-corrected chi connectivity index (χ4v) is 5.18. The quantitative estimate of drug-likeness (QED) is 0.440. The number of hydrogen-bond donors (Lipinski definition) is 0. The third kappa shape index (κ3) is 4.13. The van der Waals surface area contributed by atoms with Crippen molar-refractivity contribution >= 4 is 17.7 Å². The lowest BCUT2D eigenvalue weighted by atomic mass is 9.65. The van der Waals surface area contributed by atoms with E-state index in [-0.39, 0.29) is 16.9 Å². The van der Waals surface area contributed by atoms with Gasteiger partial charge in [0.05, 0.1) is 14.2 Å². The molecule has 0 saturated heterocycles. The van der Waals surface area contributed by atoms with Gasteiger partial charge in [-0.15, -0.1) is 0 Å². The van der Waals surface area contributed by atoms with Gasteiger partial charge in [0, 0.05) is 22.7 Å². The number of nitrogens with zero attached hydrogens (tertiary/aromatic N) is 1. The summed E-state index contributed by atoms with van der Waals surface area (Å²) in [4.78, 5) is 15.5. The lowest BCUT2D eigenvalue weighted by molar-refractivity contribution is -0.115. The van der Waals surface area contributed by atoms with Crippen LogP contribution >= 0.6 is 0 Å². The molecule has 4 rings (SSSR count). The molecule has 0 bridgehead atoms. The molecule has 0 N–H and O–H groups in total. The van der Waals surface area contributed by atoms with Crippen molar-refractivity contribution in [2.24, 2.45) is 0 Å². The zero-order chi connectivity index (χ0) is 23.6. The molecule has 0 aromatic heterocycles. The molecule has 1 heterocycles. The average Bonchev–Trinajstić information content (AvgIpc) is 2.82. The Morgan fingerprint density at radius 3 is 2.24 bits per heavy atom. The van der Waals surface area contributed by atoms with Crippen molar-refractivity contribution in [1.29, 1.82) is 0 Å². The van der Waals surface area contributed by atoms with Crippen molar-refractivity contribution in [2.75, 3.05) is 19.1 Å². The van der Waals surface area contributed by atoms with Gasteiger partial charge >= 0.3 is 0 Å². The fourth-order valence-electron chi connectivity index (χ4n) is 5.18. The molecular formula is C29H31NO3. The summed E-state index contributed by atoms with van der Waals surface area (Å²) in [5.41, 5.74) is 3.70. The van der Waals surface area contributed by atoms with Crippen molar-refractivity contribution in [3.05, 3.63) is 95.6 Å². The number of carbonyl (C=O) groups is 1. The van der Waals surface area contributed by atoms with Crippen LogP contribution in [0.5, 0.6) is 11.5 Å². The van der Waals surface area contributed by atoms with Gasteiger partial charge < -0.3 is 14.4 Å². The van der Waals surface area contributed by atoms with Crippen molar-refractivity contribution in [3.63, 3.8) is 0 Å². The van der Waals surface area contributed by atoms with E-state index in [1.807, 2.05) is 41.3 Å². The van der Waals surface area contributed by atoms with Crippen LogP contribution in [0, 0.1) is 0 Å². The van der Waals surface area contributed by atoms with Crippen LogP contribution in [0.25, 0.3) is 6.08 Å². The molecule has 1 aliphatic rings. The highest BCUT2D eigenvalue weighted by molar-refractivity contribution is 6.06. The van der Waals surface area contributed by atoms with Crippen molar-refractivity contribution < 1.29 is 14.3 Å². The van der Waals surface area contributed by atoms with Crippen LogP contribution in [0.4, 0.5) is 5.69 Å². The molecule has 3 aromatic rings. The maximum atomic E-state index is 13.6. The maximum absolute atomic E-state index is 13.6. The minimum Gasteiger partial charge on any atom is -0.493 e. The fraction of sp³-hybridized carbons (Fsp3) is 0.276. The van der Waals surface area contributed by atoms with Crippen molar-refractivity contribution in [2.45, 2.75) is 38.1 Å². The highest BCUT2D eigenvalue weighted by Crippen LogP contribution is 2.50. The molecule has 4 heteroatoms. The molecule has 170 valence electrons. The van der Waals surface area contributed by atoms with Gasteiger partial charge in [-0.2, -0.15) is 0 Å². The van der Waals surface area contributed by atoms with E-state index < -0.39 is 0 Å². The van der Waals surface area contributed by atoms with Crippen LogP contribution in [-0.2, 0) is 10.2 Å². The summed E-state index contributed by atoms with van der Waals surface area (Å²) in [7, 11) is 3.21. The number of amides is 1. The molecule has 0 radical (unpaired) electrons. The molecular weight excluding hydrogens is 410 g/mol. The molecule has 0 fully saturated rings. The largest absolute Gasteiger partial charge is 0.493 e. The molecule has 4 nitrogen and oxygen atoms in total. The Hall–Kier alpha value is -3.53. The third-order valence-corrected chi connectivity index (χ3v) is 6.59. The first kappa shape index (κ1) is 22.7. The monoisotopic (exact) mass is 441 g/mol. The number of methoxy groups -OCH3 is 2. The number of anilines is 1. The van der Waals surface area contributed by atoms with Crippen molar-refractivity contribution in [1.82, 2.24) is 0 Å². The summed E-state index contributed by atoms with van der Waals surface area (Å²) in [6.07, 6.45) is 4.29. The first-order valence-electron chi connectivity index (χ1n) is 11.2. The van der Waals surface area contributed by atoms with E-state index in [0.29, 0.717) is 11.5 Å². The van der Waals surface area contributed by atoms with Crippen LogP contribution in [0.3, 0.4) is 0 Å². The summed E-state index contributed by atoms with van der Waals surface area (Å²) in [5, 5.41) is 0. The van der Waals surface area contributed by atoms with Crippen LogP contribution < -0.4 is 14.4 Å². The summed E-state index contributed by atoms with van der Waals surface area (Å²) >= 11 is 0. The number of ether oxygens (including phenoxy) is 2. The molecule has 3 aromatic carbocycles. The first-order chi connectivity index (χ1) is 15.8. The summed E-state index contributed by atoms with van der Waals surface area (Å²) < 4.78 is 10.7. The van der Waals surface area contributed by atoms with E-state index in [9.17, 15) is 4.79 Å². The van der Waals surface area contributed by atoms with Gasteiger partial charge in [-0.05, 0) is 61.2 Å². The minimum atomic E-state index is -0.377. The molecule has 1 aliphatic heterocycles. The molecule has 0 saturated carbocycles. The number of rotatable bonds is 5. The highest BCUT2D eigenvalue weighted by atomic mass is 16.5. The van der Waals surface area contributed by atoms with E-state index in [2.05, 4.69) is 63.2 Å². The average molecular weight is 442 g/mol. The summed E-state index contributed by atoms with van der Waals surface area (Å²) in [6, 6.07) is 24.5. The standard InChI is InChI=1S/C29H31NO3/c1-28(2)20-29(3,22-11-7-6-8-12-22)23-13-9-10-14-24(23)30(28)27(31)18-16-21-15-17-25(32-4)26(19-21)33-5/h6-19H,20H2,1-5H3/b18-16+. The highest BCUT2D eigenvalue weighted by Gasteiger charge is 2.47. The topological polar surface area (TPSA) is 38.8 Å². The zero-order valence-electron chi connectivity index (χ0n) is 20.0. The van der Waals surface area contributed by atoms with Crippen molar-refractivity contribution in [3.8, 4) is 11.5 Å². The lowest BCUT2D eigenvalue weighted by Crippen LogP contribution is -2.55. The van der Waals surface area contributed by atoms with Crippen LogP contribution in [-0.4, -0.2) is 25.7 Å². The normalized spacial score (nSPS) is 19.2. The van der Waals surface area contributed by atoms with Gasteiger partial charge in [0.2, 0.25) is 0 Å². The predicted molar refractivity (Wildman–Crippen MR) is 134 cm³/mol. The van der Waals surface area contributed by atoms with Gasteiger partial charge in [-0.3, -0.25) is 4.79 Å². The Kier molecular flexibility index (Phi) is 6.03. The van der Waals surface area contributed by atoms with Gasteiger partial charge in [0.15, 0.2) is 11.5 Å². The molecule has 1 atom stereocenters. The Bertz CT molecular complexity index is 1180. The van der Waals surface area contributed by atoms with E-state index in [4.69, 9.17) is 9.47 Å². The van der Waals surface area contributed by atoms with Gasteiger partial charge in [0.1, 0.15) is 0 Å². The molecule has 33 heavy (non-hydrogen) atoms. The Morgan fingerprint density at radius 1 is 0.879 bits per heavy atom.